The van der Waals surface area contributed by atoms with Crippen LogP contribution in [0, 0.1) is 6.92 Å². The predicted molar refractivity (Wildman–Crippen MR) is 128 cm³/mol. The van der Waals surface area contributed by atoms with Gasteiger partial charge in [0.25, 0.3) is 0 Å². The van der Waals surface area contributed by atoms with Crippen molar-refractivity contribution in [2.75, 3.05) is 30.7 Å². The van der Waals surface area contributed by atoms with Gasteiger partial charge in [0.05, 0.1) is 27.8 Å². The molecule has 1 saturated heterocycles. The Balaban J connectivity index is 1.27. The first-order valence-electron chi connectivity index (χ1n) is 10.7. The number of pyridine rings is 1. The third kappa shape index (κ3) is 4.32. The highest BCUT2D eigenvalue weighted by Gasteiger charge is 2.15. The molecule has 0 unspecified atom stereocenters. The van der Waals surface area contributed by atoms with Gasteiger partial charge in [0.2, 0.25) is 11.9 Å². The highest BCUT2D eigenvalue weighted by molar-refractivity contribution is 7.17. The van der Waals surface area contributed by atoms with Gasteiger partial charge in [0.1, 0.15) is 6.33 Å². The monoisotopic (exact) mass is 447 g/mol. The van der Waals surface area contributed by atoms with Crippen LogP contribution in [-0.2, 0) is 0 Å². The molecule has 0 radical (unpaired) electrons. The molecule has 0 saturated carbocycles. The zero-order valence-corrected chi connectivity index (χ0v) is 18.7. The Morgan fingerprint density at radius 3 is 2.84 bits per heavy atom. The van der Waals surface area contributed by atoms with E-state index in [1.807, 2.05) is 24.4 Å². The zero-order valence-electron chi connectivity index (χ0n) is 17.9. The van der Waals surface area contributed by atoms with Crippen LogP contribution in [0.15, 0.2) is 36.1 Å². The first-order chi connectivity index (χ1) is 15.7. The zero-order chi connectivity index (χ0) is 21.9. The minimum absolute atomic E-state index is 0.253. The summed E-state index contributed by atoms with van der Waals surface area (Å²) < 4.78 is 2.46. The van der Waals surface area contributed by atoms with E-state index < -0.39 is 0 Å². The maximum absolute atomic E-state index is 6.13. The Bertz CT molecular complexity index is 1240. The van der Waals surface area contributed by atoms with Crippen molar-refractivity contribution in [1.82, 2.24) is 34.6 Å². The Morgan fingerprint density at radius 2 is 2.03 bits per heavy atom. The Kier molecular flexibility index (Phi) is 5.78. The van der Waals surface area contributed by atoms with E-state index in [0.29, 0.717) is 11.8 Å². The number of rotatable bonds is 6. The topological polar surface area (TPSA) is 111 Å². The smallest absolute Gasteiger partial charge is 0.248 e. The number of aryl methyl sites for hydroxylation is 1. The van der Waals surface area contributed by atoms with E-state index in [1.54, 1.807) is 17.5 Å². The maximum Gasteiger partial charge on any atom is 0.248 e. The van der Waals surface area contributed by atoms with Crippen molar-refractivity contribution in [2.24, 2.45) is 0 Å². The molecule has 4 aromatic rings. The van der Waals surface area contributed by atoms with Crippen molar-refractivity contribution in [3.05, 3.63) is 47.4 Å². The van der Waals surface area contributed by atoms with Crippen LogP contribution < -0.4 is 11.1 Å². The number of fused-ring (bicyclic) bond motifs is 1. The fourth-order valence-electron chi connectivity index (χ4n) is 3.81. The number of nitrogens with one attached hydrogen (secondary N) is 1. The molecule has 4 aromatic heterocycles. The number of piperidine rings is 1. The van der Waals surface area contributed by atoms with Crippen LogP contribution in [0.25, 0.3) is 22.1 Å². The van der Waals surface area contributed by atoms with Gasteiger partial charge in [-0.3, -0.25) is 9.88 Å². The van der Waals surface area contributed by atoms with E-state index >= 15 is 0 Å². The van der Waals surface area contributed by atoms with E-state index in [1.165, 1.54) is 43.4 Å². The van der Waals surface area contributed by atoms with E-state index in [4.69, 9.17) is 5.73 Å². The Labute approximate surface area is 190 Å². The summed E-state index contributed by atoms with van der Waals surface area (Å²) in [6.45, 7) is 5.38. The van der Waals surface area contributed by atoms with E-state index in [2.05, 4.69) is 47.4 Å². The van der Waals surface area contributed by atoms with E-state index in [0.717, 1.165) is 33.7 Å². The second-order valence-corrected chi connectivity index (χ2v) is 8.74. The number of nitrogens with zero attached hydrogens (tertiary/aromatic N) is 7. The molecular weight excluding hydrogens is 422 g/mol. The van der Waals surface area contributed by atoms with Gasteiger partial charge >= 0.3 is 0 Å². The minimum Gasteiger partial charge on any atom is -0.368 e. The fourth-order valence-corrected chi connectivity index (χ4v) is 4.79. The van der Waals surface area contributed by atoms with Crippen molar-refractivity contribution in [3.63, 3.8) is 0 Å². The van der Waals surface area contributed by atoms with Crippen LogP contribution in [0.2, 0.25) is 0 Å². The second kappa shape index (κ2) is 9.01. The Hall–Kier alpha value is -3.37. The number of hydrogen-bond acceptors (Lipinski definition) is 9. The number of nitrogens with two attached hydrogens (primary N) is 1. The molecule has 0 aromatic carbocycles. The largest absolute Gasteiger partial charge is 0.368 e. The predicted octanol–water partition coefficient (Wildman–Crippen LogP) is 3.80. The Morgan fingerprint density at radius 1 is 1.16 bits per heavy atom. The molecule has 10 heteroatoms. The van der Waals surface area contributed by atoms with Crippen molar-refractivity contribution < 1.29 is 0 Å². The summed E-state index contributed by atoms with van der Waals surface area (Å²) in [5, 5.41) is 9.71. The van der Waals surface area contributed by atoms with Crippen molar-refractivity contribution in [3.8, 4) is 5.82 Å². The quantitative estimate of drug-likeness (QED) is 0.459. The van der Waals surface area contributed by atoms with Gasteiger partial charge in [-0.05, 0) is 62.0 Å². The summed E-state index contributed by atoms with van der Waals surface area (Å²) >= 11 is 1.57. The molecule has 32 heavy (non-hydrogen) atoms. The van der Waals surface area contributed by atoms with E-state index in [-0.39, 0.29) is 5.95 Å². The third-order valence-corrected chi connectivity index (χ3v) is 6.57. The number of hydrogen-bond donors (Lipinski definition) is 2. The lowest BCUT2D eigenvalue weighted by molar-refractivity contribution is 0.252. The van der Waals surface area contributed by atoms with Gasteiger partial charge in [-0.15, -0.1) is 16.4 Å². The molecule has 5 rings (SSSR count). The number of anilines is 3. The molecule has 0 spiro atoms. The number of likely N-dealkylation sites (tertiary alicyclic amines) is 1. The third-order valence-electron chi connectivity index (χ3n) is 5.49. The number of thiophene rings is 1. The average molecular weight is 448 g/mol. The fraction of sp³-hybridized carbons (Fsp3) is 0.318. The van der Waals surface area contributed by atoms with Crippen molar-refractivity contribution in [2.45, 2.75) is 26.2 Å². The molecule has 0 amide bonds. The minimum atomic E-state index is 0.253. The summed E-state index contributed by atoms with van der Waals surface area (Å²) in [6, 6.07) is 3.92. The molecule has 1 fully saturated rings. The first-order valence-corrected chi connectivity index (χ1v) is 11.6. The summed E-state index contributed by atoms with van der Waals surface area (Å²) in [6.07, 6.45) is 11.5. The summed E-state index contributed by atoms with van der Waals surface area (Å²) in [7, 11) is 0. The molecular formula is C22H25N9S. The average Bonchev–Trinajstić information content (AvgIpc) is 3.38. The highest BCUT2D eigenvalue weighted by Crippen LogP contribution is 2.28. The van der Waals surface area contributed by atoms with Crippen molar-refractivity contribution >= 4 is 45.2 Å². The van der Waals surface area contributed by atoms with Gasteiger partial charge in [0, 0.05) is 6.54 Å². The molecule has 164 valence electrons. The molecule has 9 nitrogen and oxygen atoms in total. The van der Waals surface area contributed by atoms with Crippen LogP contribution in [0.3, 0.4) is 0 Å². The maximum atomic E-state index is 6.13. The normalized spacial score (nSPS) is 15.0. The van der Waals surface area contributed by atoms with Gasteiger partial charge in [-0.2, -0.15) is 9.67 Å². The lowest BCUT2D eigenvalue weighted by Crippen LogP contribution is -2.29. The van der Waals surface area contributed by atoms with Gasteiger partial charge in [-0.25, -0.2) is 9.97 Å². The summed E-state index contributed by atoms with van der Waals surface area (Å²) in [4.78, 5) is 20.0. The van der Waals surface area contributed by atoms with Crippen LogP contribution >= 0.6 is 11.3 Å². The van der Waals surface area contributed by atoms with Crippen LogP contribution in [0.4, 0.5) is 17.6 Å². The van der Waals surface area contributed by atoms with Crippen LogP contribution in [0.1, 0.15) is 30.5 Å². The SMILES string of the molecule is Cc1csc2c(-n3nc(Nc4ccc(/C=C/CN5CCCCC5)nc4)nc3N)ncnc12. The van der Waals surface area contributed by atoms with Crippen LogP contribution in [0.5, 0.6) is 0 Å². The standard InChI is InChI=1S/C22H25N9S/c1-15-13-32-19-18(15)25-14-26-20(19)31-21(23)28-22(29-31)27-17-8-7-16(24-12-17)6-5-11-30-9-3-2-4-10-30/h5-8,12-14H,2-4,9-11H2,1H3,(H3,23,27,28,29)/b6-5+. The number of nitrogen functional groups attached to an aromatic ring is 1. The molecule has 0 bridgehead atoms. The second-order valence-electron chi connectivity index (χ2n) is 7.86. The lowest BCUT2D eigenvalue weighted by atomic mass is 10.1. The first kappa shape index (κ1) is 20.5. The van der Waals surface area contributed by atoms with Gasteiger partial charge in [-0.1, -0.05) is 12.5 Å². The molecule has 5 heterocycles. The van der Waals surface area contributed by atoms with Gasteiger partial charge in [0.15, 0.2) is 5.82 Å². The summed E-state index contributed by atoms with van der Waals surface area (Å²) in [5.41, 5.74) is 9.84. The van der Waals surface area contributed by atoms with Gasteiger partial charge < -0.3 is 11.1 Å². The molecule has 1 aliphatic rings. The lowest BCUT2D eigenvalue weighted by Gasteiger charge is -2.24. The molecule has 1 aliphatic heterocycles. The molecule has 0 atom stereocenters. The van der Waals surface area contributed by atoms with E-state index in [9.17, 15) is 0 Å². The molecule has 3 N–H and O–H groups in total. The molecule has 0 aliphatic carbocycles. The number of aromatic nitrogens is 6. The van der Waals surface area contributed by atoms with Crippen molar-refractivity contribution in [1.29, 1.82) is 0 Å². The van der Waals surface area contributed by atoms with Crippen LogP contribution in [-0.4, -0.2) is 54.3 Å². The highest BCUT2D eigenvalue weighted by atomic mass is 32.1. The summed E-state index contributed by atoms with van der Waals surface area (Å²) in [5.74, 6) is 1.26.